The number of aromatic nitrogens is 4. The molecule has 3 heterocycles. The van der Waals surface area contributed by atoms with Gasteiger partial charge in [0.2, 0.25) is 0 Å². The fourth-order valence-corrected chi connectivity index (χ4v) is 8.91. The summed E-state index contributed by atoms with van der Waals surface area (Å²) < 4.78 is 3.61. The number of benzene rings is 7. The molecule has 234 valence electrons. The highest BCUT2D eigenvalue weighted by molar-refractivity contribution is 7.26. The van der Waals surface area contributed by atoms with Crippen LogP contribution in [0.15, 0.2) is 158 Å². The minimum atomic E-state index is 0.648. The van der Waals surface area contributed by atoms with E-state index in [1.165, 1.54) is 30.3 Å². The highest BCUT2D eigenvalue weighted by Gasteiger charge is 2.19. The Bertz CT molecular complexity index is 2860. The SMILES string of the molecule is c1ccc(-c2nc(-c3ccc4c(c3)sc3cc5nc(-c6ccccc6)sc5cc34)nc(-c3ccc4ccccc4c3-c3ccccc3)n2)cc1. The number of rotatable bonds is 5. The molecule has 0 aliphatic rings. The average Bonchev–Trinajstić information content (AvgIpc) is 3.77. The van der Waals surface area contributed by atoms with Crippen LogP contribution in [-0.2, 0) is 0 Å². The lowest BCUT2D eigenvalue weighted by atomic mass is 9.93. The lowest BCUT2D eigenvalue weighted by molar-refractivity contribution is 1.08. The maximum atomic E-state index is 5.20. The van der Waals surface area contributed by atoms with Crippen molar-refractivity contribution in [2.24, 2.45) is 0 Å². The molecule has 0 aliphatic heterocycles. The molecule has 0 amide bonds. The Balaban J connectivity index is 1.14. The second kappa shape index (κ2) is 11.8. The van der Waals surface area contributed by atoms with E-state index >= 15 is 0 Å². The number of thiophene rings is 1. The Hall–Kier alpha value is -6.08. The Kier molecular flexibility index (Phi) is 6.82. The van der Waals surface area contributed by atoms with Crippen molar-refractivity contribution in [2.75, 3.05) is 0 Å². The van der Waals surface area contributed by atoms with Crippen LogP contribution in [0.25, 0.3) is 97.0 Å². The molecule has 10 aromatic rings. The van der Waals surface area contributed by atoms with Crippen molar-refractivity contribution >= 4 is 63.8 Å². The third-order valence-electron chi connectivity index (χ3n) is 9.16. The maximum Gasteiger partial charge on any atom is 0.164 e. The van der Waals surface area contributed by atoms with Gasteiger partial charge in [0, 0.05) is 48.0 Å². The van der Waals surface area contributed by atoms with E-state index < -0.39 is 0 Å². The molecular weight excluding hydrogens is 649 g/mol. The van der Waals surface area contributed by atoms with Crippen molar-refractivity contribution in [2.45, 2.75) is 0 Å². The molecule has 0 saturated heterocycles. The number of fused-ring (bicyclic) bond motifs is 5. The lowest BCUT2D eigenvalue weighted by Gasteiger charge is -2.14. The van der Waals surface area contributed by atoms with Gasteiger partial charge < -0.3 is 0 Å². The van der Waals surface area contributed by atoms with Gasteiger partial charge in [0.25, 0.3) is 0 Å². The topological polar surface area (TPSA) is 51.6 Å². The van der Waals surface area contributed by atoms with E-state index in [-0.39, 0.29) is 0 Å². The van der Waals surface area contributed by atoms with Crippen LogP contribution in [0.2, 0.25) is 0 Å². The van der Waals surface area contributed by atoms with Crippen LogP contribution in [0.3, 0.4) is 0 Å². The summed E-state index contributed by atoms with van der Waals surface area (Å²) in [4.78, 5) is 20.4. The molecule has 7 aromatic carbocycles. The zero-order valence-electron chi connectivity index (χ0n) is 26.6. The fraction of sp³-hybridized carbons (Fsp3) is 0. The van der Waals surface area contributed by atoms with Crippen molar-refractivity contribution in [3.63, 3.8) is 0 Å². The zero-order valence-corrected chi connectivity index (χ0v) is 28.2. The first-order valence-electron chi connectivity index (χ1n) is 16.5. The standard InChI is InChI=1S/C44H26N4S2/c1-4-13-28(14-5-1)40-32-19-11-10-12-27(32)20-23-34(40)43-47-41(29-15-6-2-7-16-29)46-42(48-43)31-21-22-33-35-25-39-36(26-38(35)49-37(33)24-31)45-44(50-39)30-17-8-3-9-18-30/h1-26H. The first kappa shape index (κ1) is 28.9. The van der Waals surface area contributed by atoms with Crippen LogP contribution >= 0.6 is 22.7 Å². The monoisotopic (exact) mass is 674 g/mol. The molecule has 0 bridgehead atoms. The van der Waals surface area contributed by atoms with Gasteiger partial charge in [0.05, 0.1) is 10.2 Å². The van der Waals surface area contributed by atoms with Crippen molar-refractivity contribution in [1.29, 1.82) is 0 Å². The number of nitrogens with zero attached hydrogens (tertiary/aromatic N) is 4. The van der Waals surface area contributed by atoms with E-state index in [0.717, 1.165) is 49.3 Å². The molecule has 0 spiro atoms. The summed E-state index contributed by atoms with van der Waals surface area (Å²) in [6, 6.07) is 55.0. The average molecular weight is 675 g/mol. The van der Waals surface area contributed by atoms with Crippen LogP contribution in [0.1, 0.15) is 0 Å². The summed E-state index contributed by atoms with van der Waals surface area (Å²) in [7, 11) is 0. The van der Waals surface area contributed by atoms with E-state index in [1.54, 1.807) is 22.7 Å². The largest absolute Gasteiger partial charge is 0.236 e. The molecule has 6 heteroatoms. The number of hydrogen-bond donors (Lipinski definition) is 0. The number of hydrogen-bond acceptors (Lipinski definition) is 6. The molecule has 0 saturated carbocycles. The maximum absolute atomic E-state index is 5.20. The fourth-order valence-electron chi connectivity index (χ4n) is 6.76. The second-order valence-electron chi connectivity index (χ2n) is 12.3. The summed E-state index contributed by atoms with van der Waals surface area (Å²) >= 11 is 3.53. The molecular formula is C44H26N4S2. The summed E-state index contributed by atoms with van der Waals surface area (Å²) in [5.74, 6) is 1.95. The van der Waals surface area contributed by atoms with Crippen LogP contribution in [-0.4, -0.2) is 19.9 Å². The second-order valence-corrected chi connectivity index (χ2v) is 14.4. The van der Waals surface area contributed by atoms with E-state index in [1.807, 2.05) is 24.3 Å². The molecule has 10 rings (SSSR count). The van der Waals surface area contributed by atoms with Crippen LogP contribution < -0.4 is 0 Å². The van der Waals surface area contributed by atoms with Crippen LogP contribution in [0, 0.1) is 0 Å². The minimum Gasteiger partial charge on any atom is -0.236 e. The highest BCUT2D eigenvalue weighted by atomic mass is 32.1. The molecule has 0 N–H and O–H groups in total. The first-order chi connectivity index (χ1) is 24.7. The van der Waals surface area contributed by atoms with Crippen LogP contribution in [0.5, 0.6) is 0 Å². The summed E-state index contributed by atoms with van der Waals surface area (Å²) in [6.45, 7) is 0. The van der Waals surface area contributed by atoms with Gasteiger partial charge in [-0.2, -0.15) is 0 Å². The lowest BCUT2D eigenvalue weighted by Crippen LogP contribution is -2.01. The molecule has 0 radical (unpaired) electrons. The molecule has 50 heavy (non-hydrogen) atoms. The molecule has 3 aromatic heterocycles. The molecule has 0 fully saturated rings. The van der Waals surface area contributed by atoms with Crippen LogP contribution in [0.4, 0.5) is 0 Å². The smallest absolute Gasteiger partial charge is 0.164 e. The Labute approximate surface area is 296 Å². The van der Waals surface area contributed by atoms with E-state index in [2.05, 4.69) is 133 Å². The molecule has 0 atom stereocenters. The van der Waals surface area contributed by atoms with Gasteiger partial charge in [-0.25, -0.2) is 19.9 Å². The molecule has 0 unspecified atom stereocenters. The Morgan fingerprint density at radius 2 is 1.00 bits per heavy atom. The van der Waals surface area contributed by atoms with Crippen molar-refractivity contribution in [3.8, 4) is 55.9 Å². The van der Waals surface area contributed by atoms with Gasteiger partial charge in [-0.1, -0.05) is 133 Å². The van der Waals surface area contributed by atoms with Gasteiger partial charge >= 0.3 is 0 Å². The van der Waals surface area contributed by atoms with Gasteiger partial charge in [0.15, 0.2) is 17.5 Å². The van der Waals surface area contributed by atoms with Gasteiger partial charge in [-0.15, -0.1) is 22.7 Å². The van der Waals surface area contributed by atoms with Gasteiger partial charge in [0.1, 0.15) is 5.01 Å². The van der Waals surface area contributed by atoms with Gasteiger partial charge in [-0.3, -0.25) is 0 Å². The summed E-state index contributed by atoms with van der Waals surface area (Å²) in [5, 5.41) is 5.86. The predicted molar refractivity (Wildman–Crippen MR) is 211 cm³/mol. The minimum absolute atomic E-state index is 0.648. The third kappa shape index (κ3) is 4.96. The van der Waals surface area contributed by atoms with Crippen molar-refractivity contribution in [1.82, 2.24) is 19.9 Å². The highest BCUT2D eigenvalue weighted by Crippen LogP contribution is 2.42. The summed E-state index contributed by atoms with van der Waals surface area (Å²) in [6.07, 6.45) is 0. The van der Waals surface area contributed by atoms with Crippen molar-refractivity contribution < 1.29 is 0 Å². The Morgan fingerprint density at radius 1 is 0.360 bits per heavy atom. The zero-order chi connectivity index (χ0) is 33.0. The van der Waals surface area contributed by atoms with E-state index in [9.17, 15) is 0 Å². The molecule has 4 nitrogen and oxygen atoms in total. The first-order valence-corrected chi connectivity index (χ1v) is 18.1. The summed E-state index contributed by atoms with van der Waals surface area (Å²) in [5.41, 5.74) is 7.30. The van der Waals surface area contributed by atoms with E-state index in [0.29, 0.717) is 17.5 Å². The van der Waals surface area contributed by atoms with Gasteiger partial charge in [-0.05, 0) is 40.6 Å². The predicted octanol–water partition coefficient (Wildman–Crippen LogP) is 12.3. The normalized spacial score (nSPS) is 11.6. The number of thiazole rings is 1. The quantitative estimate of drug-likeness (QED) is 0.182. The Morgan fingerprint density at radius 3 is 1.78 bits per heavy atom. The third-order valence-corrected chi connectivity index (χ3v) is 11.3. The van der Waals surface area contributed by atoms with E-state index in [4.69, 9.17) is 19.9 Å². The molecule has 0 aliphatic carbocycles. The van der Waals surface area contributed by atoms with Crippen molar-refractivity contribution in [3.05, 3.63) is 158 Å².